The van der Waals surface area contributed by atoms with Crippen LogP contribution in [-0.2, 0) is 9.59 Å². The summed E-state index contributed by atoms with van der Waals surface area (Å²) in [5.41, 5.74) is 2.59. The van der Waals surface area contributed by atoms with E-state index in [2.05, 4.69) is 4.98 Å². The Balaban J connectivity index is 1.78. The molecule has 2 heterocycles. The largest absolute Gasteiger partial charge is 0.507 e. The lowest BCUT2D eigenvalue weighted by molar-refractivity contribution is -0.132. The second-order valence-corrected chi connectivity index (χ2v) is 7.79. The van der Waals surface area contributed by atoms with Gasteiger partial charge in [-0.15, -0.1) is 0 Å². The minimum absolute atomic E-state index is 0.0339. The normalized spacial score (nSPS) is 17.8. The summed E-state index contributed by atoms with van der Waals surface area (Å²) in [5, 5.41) is 13.1. The summed E-state index contributed by atoms with van der Waals surface area (Å²) >= 11 is 0. The number of carbonyl (C=O) groups is 2. The minimum atomic E-state index is -0.836. The van der Waals surface area contributed by atoms with E-state index in [0.717, 1.165) is 16.3 Å². The van der Waals surface area contributed by atoms with Gasteiger partial charge in [0.2, 0.25) is 0 Å². The molecule has 0 bridgehead atoms. The molecular weight excluding hydrogens is 400 g/mol. The van der Waals surface area contributed by atoms with Crippen molar-refractivity contribution < 1.29 is 14.7 Å². The number of nitrogens with zero attached hydrogens (tertiary/aromatic N) is 2. The number of hydrogen-bond acceptors (Lipinski definition) is 4. The highest BCUT2D eigenvalue weighted by atomic mass is 16.3. The summed E-state index contributed by atoms with van der Waals surface area (Å²) in [6, 6.07) is 25.0. The second kappa shape index (κ2) is 7.78. The van der Waals surface area contributed by atoms with Crippen molar-refractivity contribution >= 4 is 33.9 Å². The molecule has 0 radical (unpaired) electrons. The Morgan fingerprint density at radius 2 is 1.66 bits per heavy atom. The number of benzene rings is 3. The fraction of sp³-hybridized carbons (Fsp3) is 0.0741. The van der Waals surface area contributed by atoms with Crippen LogP contribution in [0, 0.1) is 6.92 Å². The Kier molecular flexibility index (Phi) is 4.79. The molecule has 0 spiro atoms. The minimum Gasteiger partial charge on any atom is -0.507 e. The lowest BCUT2D eigenvalue weighted by Crippen LogP contribution is -2.29. The van der Waals surface area contributed by atoms with Crippen LogP contribution >= 0.6 is 0 Å². The number of fused-ring (bicyclic) bond motifs is 1. The lowest BCUT2D eigenvalue weighted by atomic mass is 9.95. The number of amides is 1. The third kappa shape index (κ3) is 3.15. The van der Waals surface area contributed by atoms with E-state index in [9.17, 15) is 14.7 Å². The zero-order valence-electron chi connectivity index (χ0n) is 17.4. The number of aliphatic hydroxyl groups excluding tert-OH is 1. The van der Waals surface area contributed by atoms with Gasteiger partial charge < -0.3 is 5.11 Å². The first kappa shape index (κ1) is 19.7. The van der Waals surface area contributed by atoms with Crippen molar-refractivity contribution in [2.75, 3.05) is 4.90 Å². The molecule has 1 aliphatic rings. The van der Waals surface area contributed by atoms with E-state index in [-0.39, 0.29) is 11.3 Å². The van der Waals surface area contributed by atoms with Crippen LogP contribution < -0.4 is 4.90 Å². The van der Waals surface area contributed by atoms with Crippen LogP contribution in [0.2, 0.25) is 0 Å². The van der Waals surface area contributed by atoms with Crippen LogP contribution in [0.15, 0.2) is 96.7 Å². The Morgan fingerprint density at radius 3 is 2.44 bits per heavy atom. The fourth-order valence-electron chi connectivity index (χ4n) is 4.27. The van der Waals surface area contributed by atoms with Crippen LogP contribution in [0.3, 0.4) is 0 Å². The summed E-state index contributed by atoms with van der Waals surface area (Å²) in [4.78, 5) is 32.3. The summed E-state index contributed by atoms with van der Waals surface area (Å²) in [6.07, 6.45) is 1.61. The quantitative estimate of drug-likeness (QED) is 0.282. The van der Waals surface area contributed by atoms with Gasteiger partial charge in [0.25, 0.3) is 11.7 Å². The first-order valence-corrected chi connectivity index (χ1v) is 10.3. The molecule has 0 aliphatic carbocycles. The maximum absolute atomic E-state index is 13.3. The molecule has 1 unspecified atom stereocenters. The highest BCUT2D eigenvalue weighted by Gasteiger charge is 2.47. The van der Waals surface area contributed by atoms with Crippen molar-refractivity contribution in [2.45, 2.75) is 13.0 Å². The number of aromatic nitrogens is 1. The molecule has 3 aromatic carbocycles. The zero-order chi connectivity index (χ0) is 22.2. The van der Waals surface area contributed by atoms with Gasteiger partial charge in [-0.25, -0.2) is 0 Å². The standard InChI is InChI=1S/C27H20N2O3/c1-17-8-6-11-19(16-17)29-24(22-14-4-5-15-28-22)23(26(31)27(29)32)25(30)21-13-7-10-18-9-2-3-12-20(18)21/h2-16,24,30H,1H3/b25-23-. The highest BCUT2D eigenvalue weighted by molar-refractivity contribution is 6.51. The first-order chi connectivity index (χ1) is 15.6. The van der Waals surface area contributed by atoms with Crippen molar-refractivity contribution in [2.24, 2.45) is 0 Å². The molecule has 1 amide bonds. The predicted molar refractivity (Wildman–Crippen MR) is 124 cm³/mol. The smallest absolute Gasteiger partial charge is 0.300 e. The second-order valence-electron chi connectivity index (χ2n) is 7.79. The number of hydrogen-bond donors (Lipinski definition) is 1. The van der Waals surface area contributed by atoms with E-state index in [1.54, 1.807) is 36.5 Å². The molecular formula is C27H20N2O3. The predicted octanol–water partition coefficient (Wildman–Crippen LogP) is 5.17. The van der Waals surface area contributed by atoms with Gasteiger partial charge in [0.1, 0.15) is 11.8 Å². The third-order valence-corrected chi connectivity index (χ3v) is 5.74. The number of aryl methyl sites for hydroxylation is 1. The van der Waals surface area contributed by atoms with Crippen LogP contribution in [0.5, 0.6) is 0 Å². The SMILES string of the molecule is Cc1cccc(N2C(=O)C(=O)/C(=C(\O)c3cccc4ccccc34)C2c2ccccn2)c1. The van der Waals surface area contributed by atoms with Gasteiger partial charge in [-0.05, 0) is 47.5 Å². The molecule has 1 atom stereocenters. The first-order valence-electron chi connectivity index (χ1n) is 10.3. The third-order valence-electron chi connectivity index (χ3n) is 5.74. The molecule has 5 nitrogen and oxygen atoms in total. The highest BCUT2D eigenvalue weighted by Crippen LogP contribution is 2.42. The molecule has 5 rings (SSSR count). The van der Waals surface area contributed by atoms with Gasteiger partial charge in [0.15, 0.2) is 0 Å². The molecule has 156 valence electrons. The van der Waals surface area contributed by atoms with Gasteiger partial charge >= 0.3 is 0 Å². The number of carbonyl (C=O) groups excluding carboxylic acids is 2. The van der Waals surface area contributed by atoms with Crippen molar-refractivity contribution in [3.05, 3.63) is 114 Å². The molecule has 0 saturated carbocycles. The molecule has 5 heteroatoms. The zero-order valence-corrected chi connectivity index (χ0v) is 17.4. The average Bonchev–Trinajstić information content (AvgIpc) is 3.09. The maximum atomic E-state index is 13.3. The number of ketones is 1. The molecule has 1 aliphatic heterocycles. The van der Waals surface area contributed by atoms with E-state index in [1.807, 2.05) is 61.5 Å². The van der Waals surface area contributed by atoms with Crippen molar-refractivity contribution in [1.82, 2.24) is 4.98 Å². The molecule has 1 saturated heterocycles. The van der Waals surface area contributed by atoms with Crippen LogP contribution in [0.1, 0.15) is 22.9 Å². The van der Waals surface area contributed by atoms with Crippen molar-refractivity contribution in [3.8, 4) is 0 Å². The van der Waals surface area contributed by atoms with Crippen molar-refractivity contribution in [3.63, 3.8) is 0 Å². The van der Waals surface area contributed by atoms with Crippen molar-refractivity contribution in [1.29, 1.82) is 0 Å². The van der Waals surface area contributed by atoms with Crippen LogP contribution in [-0.4, -0.2) is 21.8 Å². The summed E-state index contributed by atoms with van der Waals surface area (Å²) in [7, 11) is 0. The number of aliphatic hydroxyl groups is 1. The van der Waals surface area contributed by atoms with Gasteiger partial charge in [-0.2, -0.15) is 0 Å². The van der Waals surface area contributed by atoms with E-state index in [0.29, 0.717) is 16.9 Å². The molecule has 1 aromatic heterocycles. The van der Waals surface area contributed by atoms with Gasteiger partial charge in [0, 0.05) is 17.4 Å². The topological polar surface area (TPSA) is 70.5 Å². The Bertz CT molecular complexity index is 1390. The van der Waals surface area contributed by atoms with Gasteiger partial charge in [-0.3, -0.25) is 19.5 Å². The van der Waals surface area contributed by atoms with Crippen LogP contribution in [0.25, 0.3) is 16.5 Å². The number of pyridine rings is 1. The van der Waals surface area contributed by atoms with Gasteiger partial charge in [-0.1, -0.05) is 60.7 Å². The van der Waals surface area contributed by atoms with E-state index in [1.165, 1.54) is 4.90 Å². The summed E-state index contributed by atoms with van der Waals surface area (Å²) in [6.45, 7) is 1.92. The fourth-order valence-corrected chi connectivity index (χ4v) is 4.27. The monoisotopic (exact) mass is 420 g/mol. The number of rotatable bonds is 3. The molecule has 1 fully saturated rings. The Morgan fingerprint density at radius 1 is 0.906 bits per heavy atom. The number of Topliss-reactive ketones (excluding diaryl/α,β-unsaturated/α-hetero) is 1. The Hall–Kier alpha value is -4.25. The van der Waals surface area contributed by atoms with E-state index >= 15 is 0 Å². The molecule has 4 aromatic rings. The summed E-state index contributed by atoms with van der Waals surface area (Å²) < 4.78 is 0. The average molecular weight is 420 g/mol. The number of anilines is 1. The summed E-state index contributed by atoms with van der Waals surface area (Å²) in [5.74, 6) is -1.62. The van der Waals surface area contributed by atoms with E-state index < -0.39 is 17.7 Å². The Labute approximate surface area is 185 Å². The molecule has 32 heavy (non-hydrogen) atoms. The van der Waals surface area contributed by atoms with E-state index in [4.69, 9.17) is 0 Å². The maximum Gasteiger partial charge on any atom is 0.300 e. The molecule has 1 N–H and O–H groups in total. The van der Waals surface area contributed by atoms with Crippen LogP contribution in [0.4, 0.5) is 5.69 Å². The van der Waals surface area contributed by atoms with Gasteiger partial charge in [0.05, 0.1) is 11.3 Å². The lowest BCUT2D eigenvalue weighted by Gasteiger charge is -2.25.